The SMILES string of the molecule is CC(=O)Oc1ccccc1/C=C\NC(=O)OC(C)(C)C. The molecule has 0 bridgehead atoms. The molecule has 0 saturated carbocycles. The first-order valence-corrected chi connectivity index (χ1v) is 6.21. The monoisotopic (exact) mass is 277 g/mol. The van der Waals surface area contributed by atoms with Gasteiger partial charge in [0, 0.05) is 18.7 Å². The second kappa shape index (κ2) is 6.75. The van der Waals surface area contributed by atoms with Gasteiger partial charge in [-0.15, -0.1) is 0 Å². The third-order valence-electron chi connectivity index (χ3n) is 2.04. The molecular weight excluding hydrogens is 258 g/mol. The Kier molecular flexibility index (Phi) is 5.32. The number of esters is 1. The molecule has 0 atom stereocenters. The minimum Gasteiger partial charge on any atom is -0.444 e. The van der Waals surface area contributed by atoms with Crippen LogP contribution in [-0.2, 0) is 9.53 Å². The smallest absolute Gasteiger partial charge is 0.411 e. The molecule has 1 aromatic carbocycles. The van der Waals surface area contributed by atoms with Gasteiger partial charge in [0.1, 0.15) is 11.4 Å². The van der Waals surface area contributed by atoms with E-state index in [9.17, 15) is 9.59 Å². The molecule has 1 aromatic rings. The normalized spacial score (nSPS) is 11.2. The highest BCUT2D eigenvalue weighted by Gasteiger charge is 2.14. The van der Waals surface area contributed by atoms with Gasteiger partial charge in [0.05, 0.1) is 0 Å². The molecule has 5 nitrogen and oxygen atoms in total. The van der Waals surface area contributed by atoms with E-state index >= 15 is 0 Å². The van der Waals surface area contributed by atoms with Crippen LogP contribution in [0.3, 0.4) is 0 Å². The van der Waals surface area contributed by atoms with Crippen LogP contribution in [-0.4, -0.2) is 17.7 Å². The zero-order chi connectivity index (χ0) is 15.2. The van der Waals surface area contributed by atoms with Crippen molar-refractivity contribution in [2.45, 2.75) is 33.3 Å². The molecule has 0 heterocycles. The molecule has 0 unspecified atom stereocenters. The van der Waals surface area contributed by atoms with Crippen LogP contribution in [0.25, 0.3) is 6.08 Å². The predicted molar refractivity (Wildman–Crippen MR) is 76.2 cm³/mol. The summed E-state index contributed by atoms with van der Waals surface area (Å²) in [5.74, 6) is 0.0354. The molecule has 0 radical (unpaired) electrons. The molecule has 0 fully saturated rings. The van der Waals surface area contributed by atoms with E-state index in [0.29, 0.717) is 11.3 Å². The highest BCUT2D eigenvalue weighted by molar-refractivity contribution is 5.73. The summed E-state index contributed by atoms with van der Waals surface area (Å²) in [5, 5.41) is 2.49. The van der Waals surface area contributed by atoms with Gasteiger partial charge in [-0.25, -0.2) is 4.79 Å². The third-order valence-corrected chi connectivity index (χ3v) is 2.04. The number of ether oxygens (including phenoxy) is 2. The Morgan fingerprint density at radius 2 is 1.85 bits per heavy atom. The Morgan fingerprint density at radius 1 is 1.20 bits per heavy atom. The largest absolute Gasteiger partial charge is 0.444 e. The Labute approximate surface area is 118 Å². The van der Waals surface area contributed by atoms with Crippen molar-refractivity contribution in [1.29, 1.82) is 0 Å². The van der Waals surface area contributed by atoms with Gasteiger partial charge in [-0.1, -0.05) is 18.2 Å². The zero-order valence-corrected chi connectivity index (χ0v) is 12.1. The maximum atomic E-state index is 11.4. The van der Waals surface area contributed by atoms with Crippen LogP contribution in [0, 0.1) is 0 Å². The fraction of sp³-hybridized carbons (Fsp3) is 0.333. The Bertz CT molecular complexity index is 515. The topological polar surface area (TPSA) is 64.6 Å². The summed E-state index contributed by atoms with van der Waals surface area (Å²) in [6, 6.07) is 7.01. The highest BCUT2D eigenvalue weighted by Crippen LogP contribution is 2.19. The lowest BCUT2D eigenvalue weighted by Crippen LogP contribution is -2.29. The molecular formula is C15H19NO4. The van der Waals surface area contributed by atoms with E-state index in [4.69, 9.17) is 9.47 Å². The van der Waals surface area contributed by atoms with Crippen LogP contribution < -0.4 is 10.1 Å². The van der Waals surface area contributed by atoms with Crippen molar-refractivity contribution in [3.8, 4) is 5.75 Å². The standard InChI is InChI=1S/C15H19NO4/c1-11(17)19-13-8-6-5-7-12(13)9-10-16-14(18)20-15(2,3)4/h5-10H,1-4H3,(H,16,18)/b10-9-. The molecule has 0 aromatic heterocycles. The average molecular weight is 277 g/mol. The first kappa shape index (κ1) is 15.8. The van der Waals surface area contributed by atoms with Gasteiger partial charge >= 0.3 is 12.1 Å². The summed E-state index contributed by atoms with van der Waals surface area (Å²) >= 11 is 0. The number of benzene rings is 1. The van der Waals surface area contributed by atoms with Crippen molar-refractivity contribution < 1.29 is 19.1 Å². The van der Waals surface area contributed by atoms with Crippen LogP contribution in [0.5, 0.6) is 5.75 Å². The molecule has 0 aliphatic carbocycles. The van der Waals surface area contributed by atoms with Gasteiger partial charge in [-0.2, -0.15) is 0 Å². The van der Waals surface area contributed by atoms with Crippen LogP contribution in [0.2, 0.25) is 0 Å². The van der Waals surface area contributed by atoms with Crippen molar-refractivity contribution in [1.82, 2.24) is 5.32 Å². The summed E-state index contributed by atoms with van der Waals surface area (Å²) in [4.78, 5) is 22.4. The molecule has 1 amide bonds. The molecule has 108 valence electrons. The third kappa shape index (κ3) is 6.04. The average Bonchev–Trinajstić information content (AvgIpc) is 2.28. The molecule has 20 heavy (non-hydrogen) atoms. The lowest BCUT2D eigenvalue weighted by atomic mass is 10.2. The van der Waals surface area contributed by atoms with Gasteiger partial charge in [0.15, 0.2) is 0 Å². The van der Waals surface area contributed by atoms with Gasteiger partial charge in [-0.3, -0.25) is 10.1 Å². The minimum absolute atomic E-state index is 0.397. The van der Waals surface area contributed by atoms with Gasteiger partial charge in [0.2, 0.25) is 0 Å². The van der Waals surface area contributed by atoms with Crippen LogP contribution in [0.4, 0.5) is 4.79 Å². The Balaban J connectivity index is 2.67. The summed E-state index contributed by atoms with van der Waals surface area (Å²) < 4.78 is 10.1. The first-order chi connectivity index (χ1) is 9.28. The lowest BCUT2D eigenvalue weighted by molar-refractivity contribution is -0.131. The number of para-hydroxylation sites is 1. The van der Waals surface area contributed by atoms with Crippen molar-refractivity contribution in [3.05, 3.63) is 36.0 Å². The minimum atomic E-state index is -0.548. The van der Waals surface area contributed by atoms with Crippen molar-refractivity contribution >= 4 is 18.1 Å². The van der Waals surface area contributed by atoms with E-state index in [2.05, 4.69) is 5.32 Å². The molecule has 0 aliphatic rings. The van der Waals surface area contributed by atoms with Gasteiger partial charge in [-0.05, 0) is 32.9 Å². The molecule has 0 saturated heterocycles. The Morgan fingerprint density at radius 3 is 2.45 bits per heavy atom. The van der Waals surface area contributed by atoms with E-state index in [1.165, 1.54) is 13.1 Å². The van der Waals surface area contributed by atoms with E-state index in [0.717, 1.165) is 0 Å². The number of hydrogen-bond acceptors (Lipinski definition) is 4. The van der Waals surface area contributed by atoms with E-state index in [1.54, 1.807) is 51.1 Å². The number of rotatable bonds is 3. The van der Waals surface area contributed by atoms with Crippen LogP contribution in [0.15, 0.2) is 30.5 Å². The molecule has 5 heteroatoms. The molecule has 0 aliphatic heterocycles. The Hall–Kier alpha value is -2.30. The molecule has 0 spiro atoms. The summed E-state index contributed by atoms with van der Waals surface area (Å²) in [7, 11) is 0. The zero-order valence-electron chi connectivity index (χ0n) is 12.1. The fourth-order valence-corrected chi connectivity index (χ4v) is 1.37. The van der Waals surface area contributed by atoms with Crippen molar-refractivity contribution in [2.24, 2.45) is 0 Å². The summed E-state index contributed by atoms with van der Waals surface area (Å²) in [6.07, 6.45) is 2.53. The molecule has 1 rings (SSSR count). The fourth-order valence-electron chi connectivity index (χ4n) is 1.37. The lowest BCUT2D eigenvalue weighted by Gasteiger charge is -2.18. The second-order valence-corrected chi connectivity index (χ2v) is 5.11. The number of amides is 1. The van der Waals surface area contributed by atoms with Crippen molar-refractivity contribution in [2.75, 3.05) is 0 Å². The second-order valence-electron chi connectivity index (χ2n) is 5.11. The summed E-state index contributed by atoms with van der Waals surface area (Å²) in [6.45, 7) is 6.68. The van der Waals surface area contributed by atoms with Crippen LogP contribution in [0.1, 0.15) is 33.3 Å². The van der Waals surface area contributed by atoms with Gasteiger partial charge < -0.3 is 9.47 Å². The quantitative estimate of drug-likeness (QED) is 0.681. The maximum absolute atomic E-state index is 11.4. The first-order valence-electron chi connectivity index (χ1n) is 6.21. The van der Waals surface area contributed by atoms with Crippen LogP contribution >= 0.6 is 0 Å². The van der Waals surface area contributed by atoms with E-state index in [1.807, 2.05) is 0 Å². The molecule has 1 N–H and O–H groups in total. The summed E-state index contributed by atoms with van der Waals surface area (Å²) in [5.41, 5.74) is 0.131. The number of hydrogen-bond donors (Lipinski definition) is 1. The number of alkyl carbamates (subject to hydrolysis) is 1. The van der Waals surface area contributed by atoms with E-state index in [-0.39, 0.29) is 0 Å². The number of carbonyl (C=O) groups excluding carboxylic acids is 2. The van der Waals surface area contributed by atoms with Crippen molar-refractivity contribution in [3.63, 3.8) is 0 Å². The highest BCUT2D eigenvalue weighted by atomic mass is 16.6. The van der Waals surface area contributed by atoms with Gasteiger partial charge in [0.25, 0.3) is 0 Å². The number of carbonyl (C=O) groups is 2. The predicted octanol–water partition coefficient (Wildman–Crippen LogP) is 3.11. The maximum Gasteiger partial charge on any atom is 0.411 e. The van der Waals surface area contributed by atoms with E-state index < -0.39 is 17.7 Å². The number of nitrogens with one attached hydrogen (secondary N) is 1.